The van der Waals surface area contributed by atoms with Crippen molar-refractivity contribution in [2.24, 2.45) is 0 Å². The minimum absolute atomic E-state index is 0.0674. The van der Waals surface area contributed by atoms with Crippen LogP contribution < -0.4 is 20.4 Å². The second-order valence-corrected chi connectivity index (χ2v) is 10.4. The Kier molecular flexibility index (Phi) is 8.10. The number of nitrogens with one attached hydrogen (secondary N) is 2. The van der Waals surface area contributed by atoms with Gasteiger partial charge in [-0.1, -0.05) is 17.7 Å². The van der Waals surface area contributed by atoms with E-state index in [9.17, 15) is 9.59 Å². The second kappa shape index (κ2) is 11.1. The van der Waals surface area contributed by atoms with Gasteiger partial charge in [-0.05, 0) is 83.8 Å². The number of benzene rings is 1. The van der Waals surface area contributed by atoms with Crippen LogP contribution in [-0.2, 0) is 13.0 Å². The van der Waals surface area contributed by atoms with Crippen molar-refractivity contribution in [3.63, 3.8) is 0 Å². The van der Waals surface area contributed by atoms with Gasteiger partial charge in [-0.3, -0.25) is 9.59 Å². The molecule has 1 heterocycles. The lowest BCUT2D eigenvalue weighted by Gasteiger charge is -2.40. The Morgan fingerprint density at radius 2 is 1.89 bits per heavy atom. The molecular weight excluding hydrogens is 476 g/mol. The van der Waals surface area contributed by atoms with Gasteiger partial charge in [0.15, 0.2) is 11.3 Å². The molecule has 1 aromatic heterocycles. The van der Waals surface area contributed by atoms with Crippen LogP contribution in [0.2, 0.25) is 5.02 Å². The van der Waals surface area contributed by atoms with Gasteiger partial charge in [-0.25, -0.2) is 0 Å². The number of carbonyl (C=O) groups excluding carboxylic acids is 1. The first-order chi connectivity index (χ1) is 17.2. The van der Waals surface area contributed by atoms with Gasteiger partial charge in [0.25, 0.3) is 5.91 Å². The molecule has 0 unspecified atom stereocenters. The van der Waals surface area contributed by atoms with Crippen molar-refractivity contribution < 1.29 is 9.53 Å². The number of hydrogen-bond acceptors (Lipinski definition) is 5. The second-order valence-electron chi connectivity index (χ2n) is 9.96. The van der Waals surface area contributed by atoms with E-state index in [0.717, 1.165) is 49.2 Å². The topological polar surface area (TPSA) is 77.7 Å². The summed E-state index contributed by atoms with van der Waals surface area (Å²) >= 11 is 6.53. The number of aromatic amines is 1. The molecule has 4 rings (SSSR count). The number of fused-ring (bicyclic) bond motifs is 1. The highest BCUT2D eigenvalue weighted by Gasteiger charge is 2.28. The van der Waals surface area contributed by atoms with Gasteiger partial charge in [0.1, 0.15) is 0 Å². The number of methoxy groups -OCH3 is 1. The normalized spacial score (nSPS) is 18.9. The van der Waals surface area contributed by atoms with Gasteiger partial charge >= 0.3 is 0 Å². The van der Waals surface area contributed by atoms with Crippen LogP contribution in [0, 0.1) is 6.92 Å². The molecule has 36 heavy (non-hydrogen) atoms. The lowest BCUT2D eigenvalue weighted by Crippen LogP contribution is -2.42. The lowest BCUT2D eigenvalue weighted by molar-refractivity contribution is 0.0950. The molecule has 2 aliphatic carbocycles. The standard InChI is InChI=1S/C28H37ClN4O3/c1-6-33(20-12-10-19(11-13-20)32(3)4)25-15-18(29)14-22(17(25)2)27(35)30-16-23-26(34)21-8-7-9-24(21)31-28(23)36-5/h7,9,14-15,19-20H,6,8,10-13,16H2,1-5H3,(H,30,35)(H,31,34). The third-order valence-corrected chi connectivity index (χ3v) is 7.93. The summed E-state index contributed by atoms with van der Waals surface area (Å²) in [5.74, 6) is 0.114. The summed E-state index contributed by atoms with van der Waals surface area (Å²) in [7, 11) is 5.82. The highest BCUT2D eigenvalue weighted by Crippen LogP contribution is 2.34. The molecular formula is C28H37ClN4O3. The predicted molar refractivity (Wildman–Crippen MR) is 146 cm³/mol. The minimum atomic E-state index is -0.260. The summed E-state index contributed by atoms with van der Waals surface area (Å²) in [4.78, 5) is 34.2. The summed E-state index contributed by atoms with van der Waals surface area (Å²) in [6.07, 6.45) is 8.94. The number of amides is 1. The van der Waals surface area contributed by atoms with Crippen molar-refractivity contribution in [2.75, 3.05) is 32.6 Å². The summed E-state index contributed by atoms with van der Waals surface area (Å²) in [5.41, 5.74) is 4.21. The number of halogens is 1. The van der Waals surface area contributed by atoms with Crippen molar-refractivity contribution in [2.45, 2.75) is 64.6 Å². The third-order valence-electron chi connectivity index (χ3n) is 7.71. The molecule has 1 amide bonds. The highest BCUT2D eigenvalue weighted by molar-refractivity contribution is 6.31. The zero-order valence-electron chi connectivity index (χ0n) is 21.9. The highest BCUT2D eigenvalue weighted by atomic mass is 35.5. The Hall–Kier alpha value is -2.77. The molecule has 0 atom stereocenters. The van der Waals surface area contributed by atoms with Crippen molar-refractivity contribution in [1.29, 1.82) is 0 Å². The zero-order valence-corrected chi connectivity index (χ0v) is 22.7. The van der Waals surface area contributed by atoms with E-state index >= 15 is 0 Å². The molecule has 1 saturated carbocycles. The van der Waals surface area contributed by atoms with Crippen LogP contribution in [0.5, 0.6) is 5.88 Å². The van der Waals surface area contributed by atoms with Crippen LogP contribution in [0.4, 0.5) is 5.69 Å². The quantitative estimate of drug-likeness (QED) is 0.543. The van der Waals surface area contributed by atoms with Crippen molar-refractivity contribution in [1.82, 2.24) is 15.2 Å². The van der Waals surface area contributed by atoms with Gasteiger partial charge < -0.3 is 24.8 Å². The smallest absolute Gasteiger partial charge is 0.251 e. The SMILES string of the molecule is CCN(c1cc(Cl)cc(C(=O)NCc2c(OC)[nH]c3c(c2=O)CC=C3)c1C)C1CCC(N(C)C)CC1. The number of pyridine rings is 1. The molecule has 1 fully saturated rings. The molecule has 0 aliphatic heterocycles. The van der Waals surface area contributed by atoms with E-state index < -0.39 is 0 Å². The number of allylic oxidation sites excluding steroid dienone is 1. The molecule has 0 saturated heterocycles. The van der Waals surface area contributed by atoms with E-state index in [1.54, 1.807) is 6.07 Å². The number of aromatic nitrogens is 1. The number of ether oxygens (including phenoxy) is 1. The van der Waals surface area contributed by atoms with E-state index in [2.05, 4.69) is 41.1 Å². The number of nitrogens with zero attached hydrogens (tertiary/aromatic N) is 2. The molecule has 194 valence electrons. The van der Waals surface area contributed by atoms with Crippen molar-refractivity contribution >= 4 is 29.3 Å². The first-order valence-electron chi connectivity index (χ1n) is 12.7. The van der Waals surface area contributed by atoms with Crippen LogP contribution in [0.25, 0.3) is 6.08 Å². The molecule has 8 heteroatoms. The number of H-pyrrole nitrogens is 1. The maximum atomic E-state index is 13.3. The summed E-state index contributed by atoms with van der Waals surface area (Å²) in [5, 5.41) is 3.46. The van der Waals surface area contributed by atoms with Gasteiger partial charge in [-0.2, -0.15) is 0 Å². The van der Waals surface area contributed by atoms with E-state index in [-0.39, 0.29) is 17.9 Å². The molecule has 1 aromatic carbocycles. The molecule has 2 aliphatic rings. The van der Waals surface area contributed by atoms with Gasteiger partial charge in [0.05, 0.1) is 19.2 Å². The molecule has 2 N–H and O–H groups in total. The van der Waals surface area contributed by atoms with E-state index in [1.807, 2.05) is 25.1 Å². The van der Waals surface area contributed by atoms with E-state index in [4.69, 9.17) is 16.3 Å². The summed E-state index contributed by atoms with van der Waals surface area (Å²) in [6.45, 7) is 5.04. The Labute approximate surface area is 218 Å². The molecule has 0 spiro atoms. The van der Waals surface area contributed by atoms with E-state index in [0.29, 0.717) is 46.1 Å². The van der Waals surface area contributed by atoms with Crippen LogP contribution in [0.3, 0.4) is 0 Å². The molecule has 2 aromatic rings. The Morgan fingerprint density at radius 3 is 2.53 bits per heavy atom. The van der Waals surface area contributed by atoms with Gasteiger partial charge in [0, 0.05) is 46.2 Å². The summed E-state index contributed by atoms with van der Waals surface area (Å²) in [6, 6.07) is 4.72. The monoisotopic (exact) mass is 512 g/mol. The average Bonchev–Trinajstić information content (AvgIpc) is 3.34. The van der Waals surface area contributed by atoms with Gasteiger partial charge in [0.2, 0.25) is 0 Å². The maximum absolute atomic E-state index is 13.3. The van der Waals surface area contributed by atoms with Crippen LogP contribution in [0.1, 0.15) is 65.3 Å². The number of anilines is 1. The Morgan fingerprint density at radius 1 is 1.19 bits per heavy atom. The first kappa shape index (κ1) is 26.3. The Bertz CT molecular complexity index is 1210. The molecule has 0 radical (unpaired) electrons. The fourth-order valence-corrected chi connectivity index (χ4v) is 5.84. The minimum Gasteiger partial charge on any atom is -0.482 e. The number of hydrogen-bond donors (Lipinski definition) is 2. The van der Waals surface area contributed by atoms with Crippen molar-refractivity contribution in [3.8, 4) is 5.88 Å². The molecule has 7 nitrogen and oxygen atoms in total. The van der Waals surface area contributed by atoms with Crippen LogP contribution in [-0.4, -0.2) is 55.6 Å². The first-order valence-corrected chi connectivity index (χ1v) is 13.1. The fourth-order valence-electron chi connectivity index (χ4n) is 5.63. The third kappa shape index (κ3) is 5.18. The number of carbonyl (C=O) groups is 1. The summed E-state index contributed by atoms with van der Waals surface area (Å²) < 4.78 is 5.42. The lowest BCUT2D eigenvalue weighted by atomic mass is 9.89. The average molecular weight is 513 g/mol. The largest absolute Gasteiger partial charge is 0.482 e. The van der Waals surface area contributed by atoms with E-state index in [1.165, 1.54) is 7.11 Å². The van der Waals surface area contributed by atoms with Crippen LogP contribution in [0.15, 0.2) is 23.0 Å². The maximum Gasteiger partial charge on any atom is 0.251 e. The molecule has 0 bridgehead atoms. The van der Waals surface area contributed by atoms with Crippen molar-refractivity contribution in [3.05, 3.63) is 61.4 Å². The number of rotatable bonds is 8. The zero-order chi connectivity index (χ0) is 26.0. The van der Waals surface area contributed by atoms with Gasteiger partial charge in [-0.15, -0.1) is 0 Å². The Balaban J connectivity index is 1.55. The predicted octanol–water partition coefficient (Wildman–Crippen LogP) is 4.54. The fraction of sp³-hybridized carbons (Fsp3) is 0.500. The van der Waals surface area contributed by atoms with Crippen LogP contribution >= 0.6 is 11.6 Å².